The van der Waals surface area contributed by atoms with Gasteiger partial charge in [-0.05, 0) is 198 Å². The molecule has 0 aromatic heterocycles. The second kappa shape index (κ2) is 13.7. The highest BCUT2D eigenvalue weighted by molar-refractivity contribution is 7.00. The second-order valence-electron chi connectivity index (χ2n) is 28.1. The maximum atomic E-state index is 2.78. The number of hydrogen-bond donors (Lipinski definition) is 0. The van der Waals surface area contributed by atoms with Gasteiger partial charge in [-0.2, -0.15) is 0 Å². The molecule has 0 radical (unpaired) electrons. The Morgan fingerprint density at radius 2 is 0.864 bits per heavy atom. The van der Waals surface area contributed by atoms with Gasteiger partial charge in [0, 0.05) is 34.1 Å². The summed E-state index contributed by atoms with van der Waals surface area (Å²) in [5, 5.41) is 0. The third-order valence-corrected chi connectivity index (χ3v) is 18.2. The Labute approximate surface area is 401 Å². The summed E-state index contributed by atoms with van der Waals surface area (Å²) >= 11 is 0. The number of nitrogens with zero attached hydrogens (tertiary/aromatic N) is 2. The SMILES string of the molecule is Cc1cc2c(cc1N1c3cc4c(cc3B3c5ccc(C(C)(C)C)cc5N(c5ccc6c(c5C)C(C)(C)CC6(C)C)c5cc(C(C)(C)C)cc1c53)C(C)(C)CCC4(C)C)C(C)(C)CCC2(C)C. The maximum Gasteiger partial charge on any atom is 0.252 e. The molecule has 3 aliphatic carbocycles. The first kappa shape index (κ1) is 45.5. The van der Waals surface area contributed by atoms with Gasteiger partial charge in [-0.15, -0.1) is 0 Å². The lowest BCUT2D eigenvalue weighted by atomic mass is 9.33. The Hall–Kier alpha value is -4.24. The van der Waals surface area contributed by atoms with Gasteiger partial charge in [0.2, 0.25) is 0 Å². The summed E-state index contributed by atoms with van der Waals surface area (Å²) < 4.78 is 0. The van der Waals surface area contributed by atoms with Crippen molar-refractivity contribution in [3.8, 4) is 0 Å². The lowest BCUT2D eigenvalue weighted by molar-refractivity contribution is 0.331. The van der Waals surface area contributed by atoms with E-state index in [4.69, 9.17) is 0 Å². The topological polar surface area (TPSA) is 6.48 Å². The molecule has 0 unspecified atom stereocenters. The van der Waals surface area contributed by atoms with Crippen LogP contribution in [0.5, 0.6) is 0 Å². The first-order valence-electron chi connectivity index (χ1n) is 25.7. The van der Waals surface area contributed by atoms with E-state index >= 15 is 0 Å². The van der Waals surface area contributed by atoms with Crippen LogP contribution in [-0.2, 0) is 43.3 Å². The Morgan fingerprint density at radius 3 is 1.39 bits per heavy atom. The van der Waals surface area contributed by atoms with E-state index < -0.39 is 0 Å². The third kappa shape index (κ3) is 6.53. The van der Waals surface area contributed by atoms with Crippen LogP contribution in [0.4, 0.5) is 34.1 Å². The fourth-order valence-electron chi connectivity index (χ4n) is 14.1. The van der Waals surface area contributed by atoms with Gasteiger partial charge in [0.25, 0.3) is 6.71 Å². The molecule has 2 aliphatic heterocycles. The number of anilines is 6. The molecule has 0 amide bonds. The molecule has 2 nitrogen and oxygen atoms in total. The van der Waals surface area contributed by atoms with E-state index in [-0.39, 0.29) is 50.0 Å². The molecular formula is C63H81BN2. The van der Waals surface area contributed by atoms with Crippen LogP contribution in [0.15, 0.2) is 66.7 Å². The molecule has 5 aromatic carbocycles. The highest BCUT2D eigenvalue weighted by atomic mass is 15.2. The van der Waals surface area contributed by atoms with Gasteiger partial charge < -0.3 is 9.80 Å². The monoisotopic (exact) mass is 877 g/mol. The summed E-state index contributed by atoms with van der Waals surface area (Å²) in [5.41, 5.74) is 27.5. The first-order chi connectivity index (χ1) is 30.3. The van der Waals surface area contributed by atoms with Crippen molar-refractivity contribution >= 4 is 57.2 Å². The predicted octanol–water partition coefficient (Wildman–Crippen LogP) is 15.6. The van der Waals surface area contributed by atoms with Crippen LogP contribution in [0.25, 0.3) is 0 Å². The maximum absolute atomic E-state index is 2.78. The fourth-order valence-corrected chi connectivity index (χ4v) is 14.1. The van der Waals surface area contributed by atoms with Crippen molar-refractivity contribution in [2.45, 2.75) is 214 Å². The smallest absolute Gasteiger partial charge is 0.252 e. The standard InChI is InChI=1S/C63H81BN2/c1-37-29-42-44(60(13,14)27-25-58(42,9)10)34-49(37)66-51-35-45-43(59(11,12)26-28-61(45,15)16)33-47(51)64-46-23-21-39(56(3,4)5)30-50(46)65(52-31-40(57(6,7)8)32-53(66)55(52)64)48-24-22-41-54(38(48)2)63(19,20)36-62(41,17)18/h21-24,29-35H,25-28,36H2,1-20H3. The molecule has 0 N–H and O–H groups in total. The van der Waals surface area contributed by atoms with Crippen LogP contribution in [0, 0.1) is 13.8 Å². The minimum atomic E-state index is -0.0933. The van der Waals surface area contributed by atoms with Gasteiger partial charge in [-0.25, -0.2) is 0 Å². The van der Waals surface area contributed by atoms with Crippen molar-refractivity contribution < 1.29 is 0 Å². The normalized spacial score (nSPS) is 21.1. The summed E-state index contributed by atoms with van der Waals surface area (Å²) in [6.07, 6.45) is 5.93. The first-order valence-corrected chi connectivity index (χ1v) is 25.7. The van der Waals surface area contributed by atoms with E-state index in [1.807, 2.05) is 0 Å². The van der Waals surface area contributed by atoms with Crippen molar-refractivity contribution in [1.82, 2.24) is 0 Å². The van der Waals surface area contributed by atoms with E-state index in [2.05, 4.69) is 215 Å². The summed E-state index contributed by atoms with van der Waals surface area (Å²) in [5.74, 6) is 0. The minimum absolute atomic E-state index is 0.0132. The largest absolute Gasteiger partial charge is 0.311 e. The Balaban J connectivity index is 1.38. The molecule has 10 rings (SSSR count). The Morgan fingerprint density at radius 1 is 0.409 bits per heavy atom. The molecule has 5 aliphatic rings. The van der Waals surface area contributed by atoms with Crippen LogP contribution < -0.4 is 26.2 Å². The Bertz CT molecular complexity index is 2900. The molecule has 346 valence electrons. The Kier molecular flexibility index (Phi) is 9.47. The van der Waals surface area contributed by atoms with E-state index in [0.717, 1.165) is 6.42 Å². The number of aryl methyl sites for hydroxylation is 1. The molecule has 0 fully saturated rings. The lowest BCUT2D eigenvalue weighted by Crippen LogP contribution is -2.62. The van der Waals surface area contributed by atoms with Gasteiger partial charge in [0.15, 0.2) is 0 Å². The van der Waals surface area contributed by atoms with Crippen molar-refractivity contribution in [3.05, 3.63) is 122 Å². The number of fused-ring (bicyclic) bond motifs is 7. The van der Waals surface area contributed by atoms with Crippen LogP contribution in [0.3, 0.4) is 0 Å². The quantitative estimate of drug-likeness (QED) is 0.160. The van der Waals surface area contributed by atoms with Gasteiger partial charge >= 0.3 is 0 Å². The molecular weight excluding hydrogens is 796 g/mol. The molecule has 0 atom stereocenters. The lowest BCUT2D eigenvalue weighted by Gasteiger charge is -2.49. The van der Waals surface area contributed by atoms with Crippen LogP contribution >= 0.6 is 0 Å². The van der Waals surface area contributed by atoms with Crippen molar-refractivity contribution in [3.63, 3.8) is 0 Å². The van der Waals surface area contributed by atoms with E-state index in [1.165, 1.54) is 126 Å². The van der Waals surface area contributed by atoms with E-state index in [9.17, 15) is 0 Å². The molecule has 0 saturated heterocycles. The zero-order valence-electron chi connectivity index (χ0n) is 44.9. The number of benzene rings is 5. The molecule has 3 heteroatoms. The molecule has 5 aromatic rings. The molecule has 66 heavy (non-hydrogen) atoms. The van der Waals surface area contributed by atoms with Crippen molar-refractivity contribution in [2.24, 2.45) is 0 Å². The average Bonchev–Trinajstić information content (AvgIpc) is 3.40. The summed E-state index contributed by atoms with van der Waals surface area (Å²) in [6.45, 7) is 49.1. The number of hydrogen-bond acceptors (Lipinski definition) is 2. The summed E-state index contributed by atoms with van der Waals surface area (Å²) in [4.78, 5) is 5.52. The molecule has 0 bridgehead atoms. The van der Waals surface area contributed by atoms with Crippen LogP contribution in [0.2, 0.25) is 0 Å². The van der Waals surface area contributed by atoms with E-state index in [1.54, 1.807) is 5.56 Å². The van der Waals surface area contributed by atoms with E-state index in [0.29, 0.717) is 0 Å². The van der Waals surface area contributed by atoms with Crippen LogP contribution in [-0.4, -0.2) is 6.71 Å². The highest BCUT2D eigenvalue weighted by Crippen LogP contribution is 2.56. The zero-order chi connectivity index (χ0) is 48.0. The van der Waals surface area contributed by atoms with Crippen molar-refractivity contribution in [2.75, 3.05) is 9.80 Å². The fraction of sp³-hybridized carbons (Fsp3) is 0.524. The van der Waals surface area contributed by atoms with Gasteiger partial charge in [0.1, 0.15) is 0 Å². The van der Waals surface area contributed by atoms with Crippen molar-refractivity contribution in [1.29, 1.82) is 0 Å². The molecule has 0 spiro atoms. The second-order valence-corrected chi connectivity index (χ2v) is 28.1. The zero-order valence-corrected chi connectivity index (χ0v) is 44.9. The molecule has 2 heterocycles. The highest BCUT2D eigenvalue weighted by Gasteiger charge is 2.49. The predicted molar refractivity (Wildman–Crippen MR) is 289 cm³/mol. The number of rotatable bonds is 2. The van der Waals surface area contributed by atoms with Gasteiger partial charge in [-0.1, -0.05) is 155 Å². The van der Waals surface area contributed by atoms with Gasteiger partial charge in [0.05, 0.1) is 0 Å². The summed E-state index contributed by atoms with van der Waals surface area (Å²) in [7, 11) is 0. The van der Waals surface area contributed by atoms with Gasteiger partial charge in [-0.3, -0.25) is 0 Å². The van der Waals surface area contributed by atoms with Crippen LogP contribution in [0.1, 0.15) is 212 Å². The average molecular weight is 877 g/mol. The summed E-state index contributed by atoms with van der Waals surface area (Å²) in [6, 6.07) is 28.5. The molecule has 0 saturated carbocycles. The third-order valence-electron chi connectivity index (χ3n) is 18.2. The minimum Gasteiger partial charge on any atom is -0.311 e.